The first kappa shape index (κ1) is 19.1. The van der Waals surface area contributed by atoms with E-state index in [0.29, 0.717) is 0 Å². The van der Waals surface area contributed by atoms with Gasteiger partial charge in [0, 0.05) is 16.8 Å². The van der Waals surface area contributed by atoms with Crippen molar-refractivity contribution in [2.75, 3.05) is 0 Å². The molecular weight excluding hydrogens is 402 g/mol. The van der Waals surface area contributed by atoms with Gasteiger partial charge in [0.15, 0.2) is 0 Å². The Bertz CT molecular complexity index is 1360. The molecule has 32 heavy (non-hydrogen) atoms. The average Bonchev–Trinajstić information content (AvgIpc) is 3.21. The zero-order valence-electron chi connectivity index (χ0n) is 18.0. The molecule has 5 aromatic rings. The normalized spacial score (nSPS) is 13.2. The number of aromatic nitrogens is 1. The van der Waals surface area contributed by atoms with Gasteiger partial charge in [-0.2, -0.15) is 0 Å². The van der Waals surface area contributed by atoms with Crippen molar-refractivity contribution in [1.29, 1.82) is 0 Å². The molecule has 0 amide bonds. The summed E-state index contributed by atoms with van der Waals surface area (Å²) in [7, 11) is -1.64. The second-order valence-electron chi connectivity index (χ2n) is 8.47. The predicted octanol–water partition coefficient (Wildman–Crippen LogP) is 5.54. The highest BCUT2D eigenvalue weighted by Gasteiger charge is 2.30. The lowest BCUT2D eigenvalue weighted by molar-refractivity contribution is 0.963. The van der Waals surface area contributed by atoms with Gasteiger partial charge in [-0.3, -0.25) is 0 Å². The topological polar surface area (TPSA) is 4.93 Å². The molecule has 0 unspecified atom stereocenters. The summed E-state index contributed by atoms with van der Waals surface area (Å²) in [5.41, 5.74) is 5.48. The van der Waals surface area contributed by atoms with E-state index >= 15 is 0 Å². The molecular formula is C30H25NSi. The van der Waals surface area contributed by atoms with E-state index in [-0.39, 0.29) is 0 Å². The van der Waals surface area contributed by atoms with Crippen LogP contribution < -0.4 is 10.4 Å². The van der Waals surface area contributed by atoms with Crippen LogP contribution in [0.4, 0.5) is 0 Å². The van der Waals surface area contributed by atoms with Crippen LogP contribution in [0.15, 0.2) is 121 Å². The summed E-state index contributed by atoms with van der Waals surface area (Å²) in [6.45, 7) is 0. The van der Waals surface area contributed by atoms with Crippen LogP contribution in [0.5, 0.6) is 0 Å². The third-order valence-corrected chi connectivity index (χ3v) is 9.84. The summed E-state index contributed by atoms with van der Waals surface area (Å²) in [6, 6.07) is 42.1. The van der Waals surface area contributed by atoms with Gasteiger partial charge in [-0.15, -0.1) is 0 Å². The molecule has 0 saturated heterocycles. The maximum absolute atomic E-state index is 2.54. The second-order valence-corrected chi connectivity index (χ2v) is 11.3. The standard InChI is InChI=1S/C30H25NSi/c1-4-13-23(14-5-1)31-28-21-11-10-19-26(28)27-20-12-22-29(30(27)31)32(24-15-6-2-7-16-24)25-17-8-3-9-18-25/h1-11,13-19,21-22,32H,12,20H2. The lowest BCUT2D eigenvalue weighted by Gasteiger charge is -2.26. The molecule has 0 bridgehead atoms. The highest BCUT2D eigenvalue weighted by molar-refractivity contribution is 6.99. The molecule has 2 heteroatoms. The second kappa shape index (κ2) is 8.14. The van der Waals surface area contributed by atoms with Crippen LogP contribution in [0.1, 0.15) is 17.7 Å². The molecule has 0 spiro atoms. The minimum atomic E-state index is -1.64. The Balaban J connectivity index is 1.66. The van der Waals surface area contributed by atoms with Crippen molar-refractivity contribution >= 4 is 35.3 Å². The first-order valence-electron chi connectivity index (χ1n) is 11.4. The number of hydrogen-bond acceptors (Lipinski definition) is 0. The van der Waals surface area contributed by atoms with Gasteiger partial charge in [-0.25, -0.2) is 0 Å². The van der Waals surface area contributed by atoms with Crippen molar-refractivity contribution in [3.63, 3.8) is 0 Å². The molecule has 4 aromatic carbocycles. The van der Waals surface area contributed by atoms with Crippen LogP contribution in [-0.4, -0.2) is 13.4 Å². The maximum Gasteiger partial charge on any atom is 0.135 e. The molecule has 1 heterocycles. The Morgan fingerprint density at radius 2 is 1.16 bits per heavy atom. The number of aryl methyl sites for hydroxylation is 1. The summed E-state index contributed by atoms with van der Waals surface area (Å²) < 4.78 is 2.52. The Hall–Kier alpha value is -3.62. The smallest absolute Gasteiger partial charge is 0.135 e. The van der Waals surface area contributed by atoms with Crippen molar-refractivity contribution in [3.8, 4) is 5.69 Å². The van der Waals surface area contributed by atoms with E-state index < -0.39 is 8.80 Å². The van der Waals surface area contributed by atoms with Crippen molar-refractivity contribution in [3.05, 3.63) is 133 Å². The zero-order chi connectivity index (χ0) is 21.3. The molecule has 1 aromatic heterocycles. The molecule has 0 aliphatic heterocycles. The highest BCUT2D eigenvalue weighted by atomic mass is 28.3. The number of hydrogen-bond donors (Lipinski definition) is 0. The van der Waals surface area contributed by atoms with Crippen LogP contribution in [0.2, 0.25) is 0 Å². The summed E-state index contributed by atoms with van der Waals surface area (Å²) in [5, 5.41) is 5.89. The van der Waals surface area contributed by atoms with E-state index in [0.717, 1.165) is 12.8 Å². The van der Waals surface area contributed by atoms with Crippen molar-refractivity contribution in [2.45, 2.75) is 12.8 Å². The summed E-state index contributed by atoms with van der Waals surface area (Å²) in [5.74, 6) is 0. The number of allylic oxidation sites excluding steroid dienone is 1. The fourth-order valence-electron chi connectivity index (χ4n) is 5.27. The van der Waals surface area contributed by atoms with Crippen LogP contribution in [0.3, 0.4) is 0 Å². The largest absolute Gasteiger partial charge is 0.310 e. The lowest BCUT2D eigenvalue weighted by atomic mass is 10.0. The van der Waals surface area contributed by atoms with Crippen molar-refractivity contribution in [2.24, 2.45) is 0 Å². The monoisotopic (exact) mass is 427 g/mol. The van der Waals surface area contributed by atoms with E-state index in [2.05, 4.69) is 126 Å². The van der Waals surface area contributed by atoms with E-state index in [1.807, 2.05) is 0 Å². The first-order valence-corrected chi connectivity index (χ1v) is 13.1. The molecule has 0 atom stereocenters. The number of benzene rings is 4. The van der Waals surface area contributed by atoms with Crippen LogP contribution >= 0.6 is 0 Å². The Labute approximate surface area is 190 Å². The molecule has 1 aliphatic carbocycles. The molecule has 1 nitrogen and oxygen atoms in total. The van der Waals surface area contributed by atoms with Gasteiger partial charge in [0.2, 0.25) is 0 Å². The molecule has 0 fully saturated rings. The Morgan fingerprint density at radius 1 is 0.594 bits per heavy atom. The van der Waals surface area contributed by atoms with E-state index in [1.165, 1.54) is 38.2 Å². The highest BCUT2D eigenvalue weighted by Crippen LogP contribution is 2.38. The molecule has 1 aliphatic rings. The average molecular weight is 428 g/mol. The van der Waals surface area contributed by atoms with Crippen molar-refractivity contribution < 1.29 is 0 Å². The molecule has 0 N–H and O–H groups in total. The number of nitrogens with zero attached hydrogens (tertiary/aromatic N) is 1. The van der Waals surface area contributed by atoms with Crippen molar-refractivity contribution in [1.82, 2.24) is 4.57 Å². The van der Waals surface area contributed by atoms with Gasteiger partial charge in [0.05, 0.1) is 5.52 Å². The fourth-order valence-corrected chi connectivity index (χ4v) is 8.57. The summed E-state index contributed by atoms with van der Waals surface area (Å²) in [4.78, 5) is 0. The van der Waals surface area contributed by atoms with Gasteiger partial charge in [-0.1, -0.05) is 114 Å². The quantitative estimate of drug-likeness (QED) is 0.332. The number of rotatable bonds is 4. The van der Waals surface area contributed by atoms with Gasteiger partial charge < -0.3 is 4.57 Å². The van der Waals surface area contributed by atoms with Gasteiger partial charge in [-0.05, 0) is 41.8 Å². The first-order chi connectivity index (χ1) is 15.9. The maximum atomic E-state index is 2.54. The summed E-state index contributed by atoms with van der Waals surface area (Å²) >= 11 is 0. The fraction of sp³-hybridized carbons (Fsp3) is 0.0667. The van der Waals surface area contributed by atoms with Crippen LogP contribution in [0, 0.1) is 0 Å². The third kappa shape index (κ3) is 3.15. The van der Waals surface area contributed by atoms with E-state index in [9.17, 15) is 0 Å². The summed E-state index contributed by atoms with van der Waals surface area (Å²) in [6.07, 6.45) is 4.75. The third-order valence-electron chi connectivity index (χ3n) is 6.60. The number of para-hydroxylation sites is 2. The minimum Gasteiger partial charge on any atom is -0.310 e. The van der Waals surface area contributed by atoms with Gasteiger partial charge in [0.25, 0.3) is 0 Å². The van der Waals surface area contributed by atoms with Gasteiger partial charge >= 0.3 is 0 Å². The Morgan fingerprint density at radius 3 is 1.81 bits per heavy atom. The number of fused-ring (bicyclic) bond motifs is 3. The molecule has 0 radical (unpaired) electrons. The van der Waals surface area contributed by atoms with Gasteiger partial charge in [0.1, 0.15) is 8.80 Å². The SMILES string of the molecule is C1=C([SiH](c2ccccc2)c2ccccc2)c2c(c3ccccc3n2-c2ccccc2)CC1. The van der Waals surface area contributed by atoms with E-state index in [4.69, 9.17) is 0 Å². The Kier molecular flexibility index (Phi) is 4.86. The zero-order valence-corrected chi connectivity index (χ0v) is 19.1. The predicted molar refractivity (Wildman–Crippen MR) is 139 cm³/mol. The van der Waals surface area contributed by atoms with Crippen LogP contribution in [-0.2, 0) is 6.42 Å². The molecule has 0 saturated carbocycles. The van der Waals surface area contributed by atoms with Crippen LogP contribution in [0.25, 0.3) is 21.8 Å². The lowest BCUT2D eigenvalue weighted by Crippen LogP contribution is -2.44. The minimum absolute atomic E-state index is 1.10. The van der Waals surface area contributed by atoms with E-state index in [1.54, 1.807) is 5.20 Å². The molecule has 154 valence electrons. The molecule has 6 rings (SSSR count).